The zero-order chi connectivity index (χ0) is 16.4. The molecule has 0 bridgehead atoms. The number of aryl methyl sites for hydroxylation is 2. The van der Waals surface area contributed by atoms with E-state index in [1.165, 1.54) is 6.07 Å². The molecule has 3 rings (SSSR count). The van der Waals surface area contributed by atoms with E-state index in [4.69, 9.17) is 0 Å². The second-order valence-corrected chi connectivity index (χ2v) is 6.06. The first-order valence-corrected chi connectivity index (χ1v) is 7.81. The molecular formula is C17H21FN4O. The molecule has 0 atom stereocenters. The summed E-state index contributed by atoms with van der Waals surface area (Å²) >= 11 is 0. The van der Waals surface area contributed by atoms with Crippen LogP contribution in [0.4, 0.5) is 10.1 Å². The van der Waals surface area contributed by atoms with Crippen molar-refractivity contribution in [2.45, 2.75) is 20.4 Å². The van der Waals surface area contributed by atoms with Gasteiger partial charge in [-0.1, -0.05) is 6.07 Å². The van der Waals surface area contributed by atoms with E-state index in [1.54, 1.807) is 12.3 Å². The summed E-state index contributed by atoms with van der Waals surface area (Å²) in [5.41, 5.74) is 3.62. The van der Waals surface area contributed by atoms with Gasteiger partial charge in [-0.05, 0) is 42.7 Å². The minimum absolute atomic E-state index is 0.132. The molecule has 6 heteroatoms. The first-order chi connectivity index (χ1) is 11.0. The van der Waals surface area contributed by atoms with Gasteiger partial charge in [-0.15, -0.1) is 0 Å². The Bertz CT molecular complexity index is 750. The van der Waals surface area contributed by atoms with Crippen LogP contribution in [-0.4, -0.2) is 41.3 Å². The average Bonchev–Trinajstić information content (AvgIpc) is 2.51. The van der Waals surface area contributed by atoms with E-state index in [2.05, 4.69) is 20.0 Å². The number of halogens is 1. The monoisotopic (exact) mass is 316 g/mol. The quantitative estimate of drug-likeness (QED) is 0.939. The largest absolute Gasteiger partial charge is 0.364 e. The average molecular weight is 316 g/mol. The second kappa shape index (κ2) is 6.50. The van der Waals surface area contributed by atoms with Crippen molar-refractivity contribution in [2.24, 2.45) is 0 Å². The maximum absolute atomic E-state index is 13.2. The zero-order valence-electron chi connectivity index (χ0n) is 13.5. The number of H-pyrrole nitrogens is 1. The molecule has 1 aliphatic rings. The molecule has 5 nitrogen and oxygen atoms in total. The Kier molecular flexibility index (Phi) is 4.43. The number of hydrogen-bond donors (Lipinski definition) is 1. The molecule has 1 aromatic heterocycles. The number of anilines is 1. The van der Waals surface area contributed by atoms with E-state index in [0.29, 0.717) is 0 Å². The normalized spacial score (nSPS) is 15.9. The van der Waals surface area contributed by atoms with Crippen molar-refractivity contribution in [2.75, 3.05) is 31.1 Å². The fourth-order valence-electron chi connectivity index (χ4n) is 3.08. The van der Waals surface area contributed by atoms with E-state index >= 15 is 0 Å². The molecular weight excluding hydrogens is 295 g/mol. The molecule has 23 heavy (non-hydrogen) atoms. The highest BCUT2D eigenvalue weighted by Crippen LogP contribution is 2.18. The van der Waals surface area contributed by atoms with Crippen LogP contribution >= 0.6 is 0 Å². The summed E-state index contributed by atoms with van der Waals surface area (Å²) in [5.74, 6) is -0.191. The lowest BCUT2D eigenvalue weighted by atomic mass is 10.1. The van der Waals surface area contributed by atoms with Crippen molar-refractivity contribution in [3.63, 3.8) is 0 Å². The van der Waals surface area contributed by atoms with Crippen LogP contribution < -0.4 is 10.5 Å². The maximum Gasteiger partial charge on any atom is 0.287 e. The molecule has 0 unspecified atom stereocenters. The Morgan fingerprint density at radius 1 is 1.17 bits per heavy atom. The predicted octanol–water partition coefficient (Wildman–Crippen LogP) is 1.85. The standard InChI is InChI=1S/C17H21FN4O/c1-12-9-15(18)4-3-14(12)11-21-5-7-22(8-6-21)16-13(2)10-19-20-17(16)23/h3-4,9-10H,5-8,11H2,1-2H3,(H,20,23). The van der Waals surface area contributed by atoms with Gasteiger partial charge in [0.1, 0.15) is 11.5 Å². The highest BCUT2D eigenvalue weighted by molar-refractivity contribution is 5.50. The van der Waals surface area contributed by atoms with Gasteiger partial charge in [-0.25, -0.2) is 9.49 Å². The summed E-state index contributed by atoms with van der Waals surface area (Å²) in [7, 11) is 0. The molecule has 1 saturated heterocycles. The Morgan fingerprint density at radius 3 is 2.57 bits per heavy atom. The van der Waals surface area contributed by atoms with E-state index in [1.807, 2.05) is 19.9 Å². The van der Waals surface area contributed by atoms with Crippen molar-refractivity contribution < 1.29 is 4.39 Å². The SMILES string of the molecule is Cc1cc(F)ccc1CN1CCN(c2c(C)cn[nH]c2=O)CC1. The van der Waals surface area contributed by atoms with Crippen LogP contribution in [0.15, 0.2) is 29.2 Å². The Morgan fingerprint density at radius 2 is 1.91 bits per heavy atom. The minimum atomic E-state index is -0.191. The van der Waals surface area contributed by atoms with E-state index in [0.717, 1.165) is 55.1 Å². The van der Waals surface area contributed by atoms with Crippen LogP contribution in [0.1, 0.15) is 16.7 Å². The Balaban J connectivity index is 1.66. The van der Waals surface area contributed by atoms with Gasteiger partial charge < -0.3 is 4.90 Å². The van der Waals surface area contributed by atoms with Crippen molar-refractivity contribution >= 4 is 5.69 Å². The number of nitrogens with zero attached hydrogens (tertiary/aromatic N) is 3. The minimum Gasteiger partial charge on any atom is -0.364 e. The van der Waals surface area contributed by atoms with E-state index < -0.39 is 0 Å². The van der Waals surface area contributed by atoms with Crippen LogP contribution in [0.5, 0.6) is 0 Å². The summed E-state index contributed by atoms with van der Waals surface area (Å²) < 4.78 is 13.2. The first kappa shape index (κ1) is 15.7. The van der Waals surface area contributed by atoms with Crippen LogP contribution in [0, 0.1) is 19.7 Å². The third-order valence-electron chi connectivity index (χ3n) is 4.40. The summed E-state index contributed by atoms with van der Waals surface area (Å²) in [5, 5.41) is 6.33. The summed E-state index contributed by atoms with van der Waals surface area (Å²) in [6.07, 6.45) is 1.69. The van der Waals surface area contributed by atoms with Crippen molar-refractivity contribution in [1.29, 1.82) is 0 Å². The van der Waals surface area contributed by atoms with Gasteiger partial charge in [0.25, 0.3) is 5.56 Å². The van der Waals surface area contributed by atoms with Gasteiger partial charge in [0.2, 0.25) is 0 Å². The molecule has 0 spiro atoms. The summed E-state index contributed by atoms with van der Waals surface area (Å²) in [6.45, 7) is 8.00. The number of nitrogens with one attached hydrogen (secondary N) is 1. The predicted molar refractivity (Wildman–Crippen MR) is 88.2 cm³/mol. The molecule has 2 aromatic rings. The van der Waals surface area contributed by atoms with E-state index in [-0.39, 0.29) is 11.4 Å². The van der Waals surface area contributed by atoms with Crippen molar-refractivity contribution in [3.05, 3.63) is 57.3 Å². The number of benzene rings is 1. The lowest BCUT2D eigenvalue weighted by Gasteiger charge is -2.36. The fraction of sp³-hybridized carbons (Fsp3) is 0.412. The van der Waals surface area contributed by atoms with Crippen molar-refractivity contribution in [1.82, 2.24) is 15.1 Å². The molecule has 1 N–H and O–H groups in total. The molecule has 2 heterocycles. The molecule has 1 aliphatic heterocycles. The topological polar surface area (TPSA) is 52.2 Å². The lowest BCUT2D eigenvalue weighted by molar-refractivity contribution is 0.249. The summed E-state index contributed by atoms with van der Waals surface area (Å²) in [6, 6.07) is 4.94. The van der Waals surface area contributed by atoms with Gasteiger partial charge in [0.05, 0.1) is 6.20 Å². The number of aromatic amines is 1. The van der Waals surface area contributed by atoms with Crippen LogP contribution in [-0.2, 0) is 6.54 Å². The smallest absolute Gasteiger partial charge is 0.287 e. The first-order valence-electron chi connectivity index (χ1n) is 7.81. The number of piperazine rings is 1. The maximum atomic E-state index is 13.2. The van der Waals surface area contributed by atoms with Crippen LogP contribution in [0.25, 0.3) is 0 Å². The van der Waals surface area contributed by atoms with Gasteiger partial charge in [-0.2, -0.15) is 5.10 Å². The van der Waals surface area contributed by atoms with Crippen LogP contribution in [0.3, 0.4) is 0 Å². The van der Waals surface area contributed by atoms with E-state index in [9.17, 15) is 9.18 Å². The molecule has 1 aromatic carbocycles. The zero-order valence-corrected chi connectivity index (χ0v) is 13.5. The molecule has 0 saturated carbocycles. The molecule has 0 amide bonds. The summed E-state index contributed by atoms with van der Waals surface area (Å²) in [4.78, 5) is 16.4. The Labute approximate surface area is 134 Å². The molecule has 0 aliphatic carbocycles. The molecule has 1 fully saturated rings. The van der Waals surface area contributed by atoms with Gasteiger partial charge >= 0.3 is 0 Å². The van der Waals surface area contributed by atoms with Gasteiger partial charge in [0, 0.05) is 32.7 Å². The third kappa shape index (κ3) is 3.42. The van der Waals surface area contributed by atoms with Crippen LogP contribution in [0.2, 0.25) is 0 Å². The lowest BCUT2D eigenvalue weighted by Crippen LogP contribution is -2.47. The molecule has 0 radical (unpaired) electrons. The third-order valence-corrected chi connectivity index (χ3v) is 4.40. The van der Waals surface area contributed by atoms with Gasteiger partial charge in [0.15, 0.2) is 0 Å². The Hall–Kier alpha value is -2.21. The number of aromatic nitrogens is 2. The van der Waals surface area contributed by atoms with Gasteiger partial charge in [-0.3, -0.25) is 9.69 Å². The highest BCUT2D eigenvalue weighted by Gasteiger charge is 2.21. The number of hydrogen-bond acceptors (Lipinski definition) is 4. The molecule has 122 valence electrons. The second-order valence-electron chi connectivity index (χ2n) is 6.06. The highest BCUT2D eigenvalue weighted by atomic mass is 19.1. The number of rotatable bonds is 3. The van der Waals surface area contributed by atoms with Crippen molar-refractivity contribution in [3.8, 4) is 0 Å². The fourth-order valence-corrected chi connectivity index (χ4v) is 3.08.